The summed E-state index contributed by atoms with van der Waals surface area (Å²) in [4.78, 5) is 28.1. The van der Waals surface area contributed by atoms with Crippen molar-refractivity contribution in [3.63, 3.8) is 0 Å². The van der Waals surface area contributed by atoms with Crippen LogP contribution in [0.2, 0.25) is 5.02 Å². The number of anilines is 3. The molecule has 0 aliphatic carbocycles. The number of nitrogens with one attached hydrogen (secondary N) is 2. The van der Waals surface area contributed by atoms with E-state index in [4.69, 9.17) is 16.3 Å². The van der Waals surface area contributed by atoms with Gasteiger partial charge in [-0.3, -0.25) is 9.59 Å². The molecular formula is C22H23ClN4O4. The SMILES string of the molecule is O=C(Nc1ccc(N2CCOCC2=O)cc1)[C@H]1C=CCN1C(O)Nc1ccc(Cl)cc1. The van der Waals surface area contributed by atoms with Gasteiger partial charge in [0.15, 0.2) is 6.35 Å². The van der Waals surface area contributed by atoms with Gasteiger partial charge in [-0.15, -0.1) is 0 Å². The molecule has 0 aromatic heterocycles. The summed E-state index contributed by atoms with van der Waals surface area (Å²) in [5.74, 6) is -0.349. The van der Waals surface area contributed by atoms with Crippen molar-refractivity contribution in [2.24, 2.45) is 0 Å². The summed E-state index contributed by atoms with van der Waals surface area (Å²) in [6.07, 6.45) is 2.54. The average Bonchev–Trinajstić information content (AvgIpc) is 3.27. The first kappa shape index (κ1) is 21.3. The fraction of sp³-hybridized carbons (Fsp3) is 0.273. The number of hydrogen-bond acceptors (Lipinski definition) is 6. The van der Waals surface area contributed by atoms with E-state index in [1.165, 1.54) is 0 Å². The predicted molar refractivity (Wildman–Crippen MR) is 119 cm³/mol. The molecule has 0 saturated carbocycles. The number of carbonyl (C=O) groups excluding carboxylic acids is 2. The average molecular weight is 443 g/mol. The maximum absolute atomic E-state index is 12.8. The number of morpholine rings is 1. The molecule has 2 heterocycles. The Morgan fingerprint density at radius 3 is 2.55 bits per heavy atom. The third-order valence-corrected chi connectivity index (χ3v) is 5.40. The van der Waals surface area contributed by atoms with E-state index < -0.39 is 12.4 Å². The highest BCUT2D eigenvalue weighted by molar-refractivity contribution is 6.30. The molecule has 9 heteroatoms. The number of amides is 2. The monoisotopic (exact) mass is 442 g/mol. The zero-order valence-corrected chi connectivity index (χ0v) is 17.5. The normalized spacial score (nSPS) is 20.0. The molecule has 2 aromatic carbocycles. The van der Waals surface area contributed by atoms with Gasteiger partial charge in [0.05, 0.1) is 6.61 Å². The fourth-order valence-corrected chi connectivity index (χ4v) is 3.66. The third-order valence-electron chi connectivity index (χ3n) is 5.15. The number of hydrogen-bond donors (Lipinski definition) is 3. The zero-order chi connectivity index (χ0) is 21.8. The van der Waals surface area contributed by atoms with Crippen LogP contribution in [0.25, 0.3) is 0 Å². The van der Waals surface area contributed by atoms with Crippen LogP contribution in [-0.2, 0) is 14.3 Å². The van der Waals surface area contributed by atoms with Gasteiger partial charge >= 0.3 is 0 Å². The summed E-state index contributed by atoms with van der Waals surface area (Å²) in [5.41, 5.74) is 2.06. The molecule has 162 valence electrons. The second-order valence-electron chi connectivity index (χ2n) is 7.23. The molecule has 31 heavy (non-hydrogen) atoms. The van der Waals surface area contributed by atoms with E-state index in [0.29, 0.717) is 36.1 Å². The number of carbonyl (C=O) groups is 2. The molecule has 1 fully saturated rings. The van der Waals surface area contributed by atoms with Crippen LogP contribution in [0.4, 0.5) is 17.1 Å². The summed E-state index contributed by atoms with van der Waals surface area (Å²) in [6.45, 7) is 1.51. The van der Waals surface area contributed by atoms with Crippen LogP contribution < -0.4 is 15.5 Å². The molecule has 1 unspecified atom stereocenters. The predicted octanol–water partition coefficient (Wildman–Crippen LogP) is 2.27. The number of aliphatic hydroxyl groups excluding tert-OH is 1. The van der Waals surface area contributed by atoms with Crippen molar-refractivity contribution in [2.45, 2.75) is 12.4 Å². The lowest BCUT2D eigenvalue weighted by atomic mass is 10.2. The summed E-state index contributed by atoms with van der Waals surface area (Å²) < 4.78 is 5.15. The fourth-order valence-electron chi connectivity index (χ4n) is 3.54. The topological polar surface area (TPSA) is 94.1 Å². The van der Waals surface area contributed by atoms with Crippen molar-refractivity contribution in [1.82, 2.24) is 4.90 Å². The van der Waals surface area contributed by atoms with Gasteiger partial charge in [0.25, 0.3) is 5.91 Å². The van der Waals surface area contributed by atoms with Crippen LogP contribution in [0, 0.1) is 0 Å². The molecule has 0 bridgehead atoms. The highest BCUT2D eigenvalue weighted by Gasteiger charge is 2.31. The maximum atomic E-state index is 12.8. The Morgan fingerprint density at radius 1 is 1.13 bits per heavy atom. The molecule has 2 aliphatic heterocycles. The number of aliphatic hydroxyl groups is 1. The molecule has 2 atom stereocenters. The van der Waals surface area contributed by atoms with Crippen molar-refractivity contribution >= 4 is 40.5 Å². The second kappa shape index (κ2) is 9.49. The zero-order valence-electron chi connectivity index (χ0n) is 16.7. The minimum absolute atomic E-state index is 0.0781. The van der Waals surface area contributed by atoms with Gasteiger partial charge in [-0.1, -0.05) is 23.8 Å². The van der Waals surface area contributed by atoms with Crippen molar-refractivity contribution < 1.29 is 19.4 Å². The molecule has 0 spiro atoms. The van der Waals surface area contributed by atoms with Crippen LogP contribution in [0.15, 0.2) is 60.7 Å². The Hall–Kier alpha value is -2.91. The van der Waals surface area contributed by atoms with Gasteiger partial charge in [-0.25, -0.2) is 4.90 Å². The van der Waals surface area contributed by atoms with E-state index >= 15 is 0 Å². The Bertz CT molecular complexity index is 964. The van der Waals surface area contributed by atoms with Crippen molar-refractivity contribution in [3.8, 4) is 0 Å². The van der Waals surface area contributed by atoms with Crippen LogP contribution in [-0.4, -0.2) is 60.5 Å². The second-order valence-corrected chi connectivity index (χ2v) is 7.67. The smallest absolute Gasteiger partial charge is 0.253 e. The molecule has 8 nitrogen and oxygen atoms in total. The van der Waals surface area contributed by atoms with Crippen LogP contribution in [0.1, 0.15) is 0 Å². The lowest BCUT2D eigenvalue weighted by molar-refractivity contribution is -0.125. The van der Waals surface area contributed by atoms with Crippen LogP contribution >= 0.6 is 11.6 Å². The number of halogens is 1. The van der Waals surface area contributed by atoms with Crippen LogP contribution in [0.5, 0.6) is 0 Å². The Kier molecular flexibility index (Phi) is 6.53. The quantitative estimate of drug-likeness (QED) is 0.469. The van der Waals surface area contributed by atoms with Crippen molar-refractivity contribution in [3.05, 3.63) is 65.7 Å². The number of rotatable bonds is 6. The number of nitrogens with zero attached hydrogens (tertiary/aromatic N) is 2. The molecule has 2 aliphatic rings. The Balaban J connectivity index is 1.37. The Labute approximate surface area is 185 Å². The van der Waals surface area contributed by atoms with Gasteiger partial charge in [0.1, 0.15) is 12.6 Å². The first-order valence-corrected chi connectivity index (χ1v) is 10.3. The summed E-state index contributed by atoms with van der Waals surface area (Å²) in [5, 5.41) is 17.0. The van der Waals surface area contributed by atoms with E-state index in [2.05, 4.69) is 10.6 Å². The third kappa shape index (κ3) is 5.05. The standard InChI is InChI=1S/C22H23ClN4O4/c23-15-3-5-17(6-4-15)25-22(30)27-11-1-2-19(27)21(29)24-16-7-9-18(10-8-16)26-12-13-31-14-20(26)28/h1-10,19,22,25,30H,11-14H2,(H,24,29)/t19-,22?/m1/s1. The first-order chi connectivity index (χ1) is 15.0. The highest BCUT2D eigenvalue weighted by atomic mass is 35.5. The number of benzene rings is 2. The summed E-state index contributed by atoms with van der Waals surface area (Å²) in [6, 6.07) is 13.4. The van der Waals surface area contributed by atoms with E-state index in [-0.39, 0.29) is 18.4 Å². The lowest BCUT2D eigenvalue weighted by Gasteiger charge is -2.29. The highest BCUT2D eigenvalue weighted by Crippen LogP contribution is 2.22. The van der Waals surface area contributed by atoms with E-state index in [1.54, 1.807) is 64.4 Å². The summed E-state index contributed by atoms with van der Waals surface area (Å²) >= 11 is 5.89. The van der Waals surface area contributed by atoms with E-state index in [9.17, 15) is 14.7 Å². The van der Waals surface area contributed by atoms with Gasteiger partial charge in [0.2, 0.25) is 5.91 Å². The van der Waals surface area contributed by atoms with Gasteiger partial charge in [-0.05, 0) is 48.5 Å². The van der Waals surface area contributed by atoms with Gasteiger partial charge < -0.3 is 25.4 Å². The molecule has 2 amide bonds. The van der Waals surface area contributed by atoms with Gasteiger partial charge in [-0.2, -0.15) is 0 Å². The molecule has 4 rings (SSSR count). The molecule has 1 saturated heterocycles. The minimum Gasteiger partial charge on any atom is -0.370 e. The van der Waals surface area contributed by atoms with Crippen molar-refractivity contribution in [2.75, 3.05) is 41.8 Å². The van der Waals surface area contributed by atoms with Crippen LogP contribution in [0.3, 0.4) is 0 Å². The number of ether oxygens (including phenoxy) is 1. The molecular weight excluding hydrogens is 420 g/mol. The van der Waals surface area contributed by atoms with Gasteiger partial charge in [0, 0.05) is 35.2 Å². The largest absolute Gasteiger partial charge is 0.370 e. The molecule has 2 aromatic rings. The molecule has 3 N–H and O–H groups in total. The first-order valence-electron chi connectivity index (χ1n) is 9.93. The van der Waals surface area contributed by atoms with Crippen molar-refractivity contribution in [1.29, 1.82) is 0 Å². The minimum atomic E-state index is -1.05. The maximum Gasteiger partial charge on any atom is 0.253 e. The Morgan fingerprint density at radius 2 is 1.84 bits per heavy atom. The summed E-state index contributed by atoms with van der Waals surface area (Å²) in [7, 11) is 0. The van der Waals surface area contributed by atoms with E-state index in [0.717, 1.165) is 5.69 Å². The van der Waals surface area contributed by atoms with E-state index in [1.807, 2.05) is 6.08 Å². The molecule has 0 radical (unpaired) electrons. The lowest BCUT2D eigenvalue weighted by Crippen LogP contribution is -2.49.